The summed E-state index contributed by atoms with van der Waals surface area (Å²) in [5, 5.41) is 0.543. The maximum absolute atomic E-state index is 12.5. The molecule has 1 aliphatic heterocycles. The first-order valence-electron chi connectivity index (χ1n) is 7.96. The molecule has 128 valence electrons. The summed E-state index contributed by atoms with van der Waals surface area (Å²) in [5.74, 6) is 0.889. The van der Waals surface area contributed by atoms with Gasteiger partial charge in [-0.1, -0.05) is 11.6 Å². The molecule has 0 atom stereocenters. The van der Waals surface area contributed by atoms with E-state index in [2.05, 4.69) is 14.6 Å². The van der Waals surface area contributed by atoms with Crippen molar-refractivity contribution in [3.05, 3.63) is 47.1 Å². The summed E-state index contributed by atoms with van der Waals surface area (Å²) in [7, 11) is -3.65. The fourth-order valence-corrected chi connectivity index (χ4v) is 4.00. The van der Waals surface area contributed by atoms with Crippen LogP contribution in [0, 0.1) is 6.92 Å². The van der Waals surface area contributed by atoms with Gasteiger partial charge in [0.25, 0.3) is 10.0 Å². The average Bonchev–Trinajstić information content (AvgIpc) is 2.58. The summed E-state index contributed by atoms with van der Waals surface area (Å²) in [4.78, 5) is 6.80. The maximum atomic E-state index is 12.5. The van der Waals surface area contributed by atoms with Crippen LogP contribution in [0.25, 0.3) is 0 Å². The van der Waals surface area contributed by atoms with Crippen LogP contribution in [-0.4, -0.2) is 26.5 Å². The average molecular weight is 366 g/mol. The molecular formula is C17H20ClN3O2S. The molecule has 1 saturated heterocycles. The topological polar surface area (TPSA) is 62.3 Å². The Kier molecular flexibility index (Phi) is 4.96. The number of aryl methyl sites for hydroxylation is 1. The van der Waals surface area contributed by atoms with Crippen molar-refractivity contribution >= 4 is 33.1 Å². The number of piperidine rings is 1. The molecule has 0 aliphatic carbocycles. The van der Waals surface area contributed by atoms with E-state index in [0.29, 0.717) is 10.7 Å². The quantitative estimate of drug-likeness (QED) is 0.894. The van der Waals surface area contributed by atoms with E-state index in [9.17, 15) is 8.42 Å². The number of nitrogens with zero attached hydrogens (tertiary/aromatic N) is 2. The van der Waals surface area contributed by atoms with Crippen LogP contribution in [-0.2, 0) is 10.0 Å². The predicted octanol–water partition coefficient (Wildman–Crippen LogP) is 3.83. The molecule has 2 aromatic rings. The molecule has 1 aromatic carbocycles. The molecule has 0 saturated carbocycles. The van der Waals surface area contributed by atoms with Gasteiger partial charge < -0.3 is 4.90 Å². The number of aromatic nitrogens is 1. The Morgan fingerprint density at radius 3 is 2.50 bits per heavy atom. The highest BCUT2D eigenvalue weighted by Crippen LogP contribution is 2.23. The summed E-state index contributed by atoms with van der Waals surface area (Å²) < 4.78 is 27.5. The highest BCUT2D eigenvalue weighted by atomic mass is 35.5. The van der Waals surface area contributed by atoms with E-state index in [-0.39, 0.29) is 4.90 Å². The van der Waals surface area contributed by atoms with Crippen LogP contribution in [0.2, 0.25) is 5.02 Å². The Morgan fingerprint density at radius 1 is 1.12 bits per heavy atom. The van der Waals surface area contributed by atoms with Gasteiger partial charge in [-0.3, -0.25) is 4.72 Å². The molecule has 0 bridgehead atoms. The first-order chi connectivity index (χ1) is 11.5. The van der Waals surface area contributed by atoms with Crippen LogP contribution in [0.1, 0.15) is 24.8 Å². The van der Waals surface area contributed by atoms with E-state index >= 15 is 0 Å². The van der Waals surface area contributed by atoms with Gasteiger partial charge in [0.2, 0.25) is 0 Å². The Bertz CT molecular complexity index is 816. The number of sulfonamides is 1. The Hall–Kier alpha value is -1.79. The molecule has 7 heteroatoms. The molecule has 1 aromatic heterocycles. The number of pyridine rings is 1. The zero-order valence-corrected chi connectivity index (χ0v) is 15.1. The smallest absolute Gasteiger partial charge is 0.261 e. The Labute approximate surface area is 147 Å². The van der Waals surface area contributed by atoms with Crippen LogP contribution < -0.4 is 9.62 Å². The lowest BCUT2D eigenvalue weighted by Crippen LogP contribution is -2.30. The molecule has 1 fully saturated rings. The largest absolute Gasteiger partial charge is 0.357 e. The second kappa shape index (κ2) is 6.99. The lowest BCUT2D eigenvalue weighted by atomic mass is 10.1. The molecule has 24 heavy (non-hydrogen) atoms. The first kappa shape index (κ1) is 17.0. The number of halogens is 1. The predicted molar refractivity (Wildman–Crippen MR) is 97.3 cm³/mol. The van der Waals surface area contributed by atoms with Gasteiger partial charge in [0.1, 0.15) is 5.82 Å². The summed E-state index contributed by atoms with van der Waals surface area (Å²) in [6.07, 6.45) is 5.16. The first-order valence-corrected chi connectivity index (χ1v) is 9.82. The van der Waals surface area contributed by atoms with Crippen LogP contribution in [0.4, 0.5) is 11.5 Å². The second-order valence-electron chi connectivity index (χ2n) is 5.97. The molecule has 2 heterocycles. The number of benzene rings is 1. The standard InChI is InChI=1S/C17H20ClN3O2S/c1-13-11-15(6-7-16(13)18)24(22,23)20-14-5-8-17(19-12-14)21-9-3-2-4-10-21/h5-8,11-12,20H,2-4,9-10H2,1H3. The third-order valence-corrected chi connectivity index (χ3v) is 5.92. The Morgan fingerprint density at radius 2 is 1.88 bits per heavy atom. The second-order valence-corrected chi connectivity index (χ2v) is 8.06. The molecule has 5 nitrogen and oxygen atoms in total. The maximum Gasteiger partial charge on any atom is 0.261 e. The fourth-order valence-electron chi connectivity index (χ4n) is 2.75. The SMILES string of the molecule is Cc1cc(S(=O)(=O)Nc2ccc(N3CCCCC3)nc2)ccc1Cl. The summed E-state index contributed by atoms with van der Waals surface area (Å²) in [6, 6.07) is 8.24. The molecule has 0 spiro atoms. The van der Waals surface area contributed by atoms with Crippen LogP contribution in [0.5, 0.6) is 0 Å². The monoisotopic (exact) mass is 365 g/mol. The number of nitrogens with one attached hydrogen (secondary N) is 1. The van der Waals surface area contributed by atoms with Gasteiger partial charge in [-0.2, -0.15) is 0 Å². The van der Waals surface area contributed by atoms with Crippen molar-refractivity contribution in [3.63, 3.8) is 0 Å². The molecule has 3 rings (SSSR count). The summed E-state index contributed by atoms with van der Waals surface area (Å²) in [5.41, 5.74) is 1.17. The number of rotatable bonds is 4. The van der Waals surface area contributed by atoms with Gasteiger partial charge in [-0.15, -0.1) is 0 Å². The molecule has 0 radical (unpaired) electrons. The van der Waals surface area contributed by atoms with E-state index in [0.717, 1.165) is 24.5 Å². The van der Waals surface area contributed by atoms with Crippen molar-refractivity contribution in [1.82, 2.24) is 4.98 Å². The van der Waals surface area contributed by atoms with E-state index in [4.69, 9.17) is 11.6 Å². The van der Waals surface area contributed by atoms with Crippen molar-refractivity contribution in [2.24, 2.45) is 0 Å². The lowest BCUT2D eigenvalue weighted by Gasteiger charge is -2.27. The van der Waals surface area contributed by atoms with Crippen molar-refractivity contribution in [2.45, 2.75) is 31.1 Å². The van der Waals surface area contributed by atoms with E-state index < -0.39 is 10.0 Å². The zero-order chi connectivity index (χ0) is 17.2. The van der Waals surface area contributed by atoms with Gasteiger partial charge in [0, 0.05) is 18.1 Å². The van der Waals surface area contributed by atoms with Gasteiger partial charge in [-0.25, -0.2) is 13.4 Å². The summed E-state index contributed by atoms with van der Waals surface area (Å²) >= 11 is 5.95. The highest BCUT2D eigenvalue weighted by molar-refractivity contribution is 7.92. The number of hydrogen-bond donors (Lipinski definition) is 1. The van der Waals surface area contributed by atoms with Crippen LogP contribution in [0.3, 0.4) is 0 Å². The van der Waals surface area contributed by atoms with Crippen molar-refractivity contribution in [1.29, 1.82) is 0 Å². The number of hydrogen-bond acceptors (Lipinski definition) is 4. The zero-order valence-electron chi connectivity index (χ0n) is 13.5. The van der Waals surface area contributed by atoms with E-state index in [1.807, 2.05) is 6.07 Å². The molecular weight excluding hydrogens is 346 g/mol. The van der Waals surface area contributed by atoms with Gasteiger partial charge in [-0.05, 0) is 62.1 Å². The fraction of sp³-hybridized carbons (Fsp3) is 0.353. The van der Waals surface area contributed by atoms with Gasteiger partial charge in [0.05, 0.1) is 16.8 Å². The third kappa shape index (κ3) is 3.82. The third-order valence-electron chi connectivity index (χ3n) is 4.12. The van der Waals surface area contributed by atoms with Crippen molar-refractivity contribution in [2.75, 3.05) is 22.7 Å². The minimum atomic E-state index is -3.65. The molecule has 1 N–H and O–H groups in total. The van der Waals surface area contributed by atoms with Crippen LogP contribution >= 0.6 is 11.6 Å². The van der Waals surface area contributed by atoms with E-state index in [1.165, 1.54) is 25.3 Å². The van der Waals surface area contributed by atoms with Crippen molar-refractivity contribution in [3.8, 4) is 0 Å². The Balaban J connectivity index is 1.76. The lowest BCUT2D eigenvalue weighted by molar-refractivity contribution is 0.573. The normalized spacial score (nSPS) is 15.3. The van der Waals surface area contributed by atoms with E-state index in [1.54, 1.807) is 31.3 Å². The van der Waals surface area contributed by atoms with Crippen molar-refractivity contribution < 1.29 is 8.42 Å². The van der Waals surface area contributed by atoms with Gasteiger partial charge in [0.15, 0.2) is 0 Å². The highest BCUT2D eigenvalue weighted by Gasteiger charge is 2.16. The summed E-state index contributed by atoms with van der Waals surface area (Å²) in [6.45, 7) is 3.78. The van der Waals surface area contributed by atoms with Crippen LogP contribution in [0.15, 0.2) is 41.4 Å². The minimum absolute atomic E-state index is 0.185. The molecule has 0 unspecified atom stereocenters. The molecule has 1 aliphatic rings. The number of anilines is 2. The minimum Gasteiger partial charge on any atom is -0.357 e. The van der Waals surface area contributed by atoms with Gasteiger partial charge >= 0.3 is 0 Å². The molecule has 0 amide bonds.